The Morgan fingerprint density at radius 2 is 2.46 bits per heavy atom. The third-order valence-corrected chi connectivity index (χ3v) is 1.98. The molecule has 68 valence electrons. The van der Waals surface area contributed by atoms with Gasteiger partial charge in [-0.05, 0) is 18.6 Å². The van der Waals surface area contributed by atoms with Crippen molar-refractivity contribution in [1.82, 2.24) is 10.3 Å². The van der Waals surface area contributed by atoms with Crippen molar-refractivity contribution in [3.8, 4) is 0 Å². The van der Waals surface area contributed by atoms with Crippen LogP contribution in [0, 0.1) is 0 Å². The second-order valence-corrected chi connectivity index (χ2v) is 3.02. The molecular formula is C9H11N3O. The number of nitrogens with zero attached hydrogens (tertiary/aromatic N) is 1. The van der Waals surface area contributed by atoms with E-state index in [2.05, 4.69) is 15.6 Å². The largest absolute Gasteiger partial charge is 0.350 e. The van der Waals surface area contributed by atoms with Crippen molar-refractivity contribution in [2.24, 2.45) is 0 Å². The zero-order valence-corrected chi connectivity index (χ0v) is 7.16. The minimum Gasteiger partial charge on any atom is -0.350 e. The smallest absolute Gasteiger partial charge is 0.221 e. The lowest BCUT2D eigenvalue weighted by atomic mass is 10.3. The highest BCUT2D eigenvalue weighted by atomic mass is 16.2. The first-order valence-corrected chi connectivity index (χ1v) is 4.31. The van der Waals surface area contributed by atoms with Gasteiger partial charge in [-0.15, -0.1) is 0 Å². The number of hydrogen-bond donors (Lipinski definition) is 2. The lowest BCUT2D eigenvalue weighted by molar-refractivity contribution is -0.119. The van der Waals surface area contributed by atoms with E-state index in [1.54, 1.807) is 6.20 Å². The van der Waals surface area contributed by atoms with Crippen LogP contribution in [-0.2, 0) is 4.79 Å². The zero-order valence-electron chi connectivity index (χ0n) is 7.16. The summed E-state index contributed by atoms with van der Waals surface area (Å²) in [7, 11) is 0. The predicted molar refractivity (Wildman–Crippen MR) is 49.0 cm³/mol. The molecule has 1 atom stereocenters. The van der Waals surface area contributed by atoms with E-state index < -0.39 is 0 Å². The fourth-order valence-corrected chi connectivity index (χ4v) is 1.35. The maximum Gasteiger partial charge on any atom is 0.221 e. The van der Waals surface area contributed by atoms with Gasteiger partial charge in [0.25, 0.3) is 0 Å². The van der Waals surface area contributed by atoms with Crippen molar-refractivity contribution < 1.29 is 4.79 Å². The molecule has 13 heavy (non-hydrogen) atoms. The number of carbonyl (C=O) groups excluding carboxylic acids is 1. The number of pyridine rings is 1. The van der Waals surface area contributed by atoms with Crippen LogP contribution >= 0.6 is 0 Å². The highest BCUT2D eigenvalue weighted by molar-refractivity contribution is 5.78. The highest BCUT2D eigenvalue weighted by Gasteiger charge is 2.20. The summed E-state index contributed by atoms with van der Waals surface area (Å²) in [6.45, 7) is 0. The molecule has 1 fully saturated rings. The Morgan fingerprint density at radius 3 is 3.08 bits per heavy atom. The van der Waals surface area contributed by atoms with Gasteiger partial charge < -0.3 is 10.6 Å². The summed E-state index contributed by atoms with van der Waals surface area (Å²) < 4.78 is 0. The van der Waals surface area contributed by atoms with Crippen LogP contribution in [0.1, 0.15) is 12.8 Å². The minimum atomic E-state index is 0.0439. The van der Waals surface area contributed by atoms with Crippen LogP contribution in [0.25, 0.3) is 0 Å². The summed E-state index contributed by atoms with van der Waals surface area (Å²) in [5.41, 5.74) is 0. The maximum absolute atomic E-state index is 10.9. The molecule has 0 aliphatic carbocycles. The van der Waals surface area contributed by atoms with Crippen LogP contribution in [0.15, 0.2) is 24.4 Å². The molecule has 0 spiro atoms. The quantitative estimate of drug-likeness (QED) is 0.700. The summed E-state index contributed by atoms with van der Waals surface area (Å²) in [6.07, 6.45) is 3.20. The van der Waals surface area contributed by atoms with Gasteiger partial charge in [-0.1, -0.05) is 6.07 Å². The van der Waals surface area contributed by atoms with E-state index in [1.807, 2.05) is 18.2 Å². The average Bonchev–Trinajstić information content (AvgIpc) is 2.53. The number of amides is 1. The van der Waals surface area contributed by atoms with E-state index in [0.29, 0.717) is 6.42 Å². The summed E-state index contributed by atoms with van der Waals surface area (Å²) in [4.78, 5) is 15.0. The van der Waals surface area contributed by atoms with Crippen molar-refractivity contribution in [3.05, 3.63) is 24.4 Å². The van der Waals surface area contributed by atoms with Crippen molar-refractivity contribution in [2.75, 3.05) is 5.32 Å². The Labute approximate surface area is 76.4 Å². The van der Waals surface area contributed by atoms with E-state index in [0.717, 1.165) is 12.2 Å². The maximum atomic E-state index is 10.9. The Kier molecular flexibility index (Phi) is 2.12. The van der Waals surface area contributed by atoms with E-state index in [9.17, 15) is 4.79 Å². The third kappa shape index (κ3) is 1.96. The molecule has 1 unspecified atom stereocenters. The number of rotatable bonds is 2. The van der Waals surface area contributed by atoms with Crippen molar-refractivity contribution in [1.29, 1.82) is 0 Å². The molecule has 1 aromatic heterocycles. The Balaban J connectivity index is 1.96. The van der Waals surface area contributed by atoms with Crippen LogP contribution in [-0.4, -0.2) is 17.1 Å². The van der Waals surface area contributed by atoms with Crippen molar-refractivity contribution in [2.45, 2.75) is 19.0 Å². The van der Waals surface area contributed by atoms with Gasteiger partial charge in [0.1, 0.15) is 12.0 Å². The molecule has 0 aromatic carbocycles. The SMILES string of the molecule is O=C1CCC(Nc2ccccn2)N1. The standard InChI is InChI=1S/C9H11N3O/c13-9-5-4-8(12-9)11-7-3-1-2-6-10-7/h1-3,6,8H,4-5H2,(H,10,11)(H,12,13). The van der Waals surface area contributed by atoms with Gasteiger partial charge in [-0.25, -0.2) is 4.98 Å². The molecule has 2 heterocycles. The molecule has 2 rings (SSSR count). The van der Waals surface area contributed by atoms with Gasteiger partial charge in [-0.3, -0.25) is 4.79 Å². The number of hydrogen-bond acceptors (Lipinski definition) is 3. The fourth-order valence-electron chi connectivity index (χ4n) is 1.35. The van der Waals surface area contributed by atoms with Crippen LogP contribution in [0.3, 0.4) is 0 Å². The lowest BCUT2D eigenvalue weighted by Gasteiger charge is -2.12. The summed E-state index contributed by atoms with van der Waals surface area (Å²) in [5, 5.41) is 5.94. The molecule has 4 heteroatoms. The van der Waals surface area contributed by atoms with Crippen molar-refractivity contribution in [3.63, 3.8) is 0 Å². The zero-order chi connectivity index (χ0) is 9.10. The molecule has 0 radical (unpaired) electrons. The molecule has 1 aromatic rings. The Morgan fingerprint density at radius 1 is 1.54 bits per heavy atom. The molecule has 0 saturated carbocycles. The average molecular weight is 177 g/mol. The van der Waals surface area contributed by atoms with Crippen molar-refractivity contribution >= 4 is 11.7 Å². The first kappa shape index (κ1) is 8.04. The molecule has 4 nitrogen and oxygen atoms in total. The fraction of sp³-hybridized carbons (Fsp3) is 0.333. The van der Waals surface area contributed by atoms with E-state index in [4.69, 9.17) is 0 Å². The number of carbonyl (C=O) groups is 1. The normalized spacial score (nSPS) is 21.2. The first-order chi connectivity index (χ1) is 6.34. The molecular weight excluding hydrogens is 166 g/mol. The molecule has 0 bridgehead atoms. The molecule has 2 N–H and O–H groups in total. The number of aromatic nitrogens is 1. The van der Waals surface area contributed by atoms with Crippen LogP contribution in [0.2, 0.25) is 0 Å². The summed E-state index contributed by atoms with van der Waals surface area (Å²) in [5.74, 6) is 0.906. The van der Waals surface area contributed by atoms with Gasteiger partial charge in [0.15, 0.2) is 0 Å². The van der Waals surface area contributed by atoms with Gasteiger partial charge in [0.05, 0.1) is 0 Å². The first-order valence-electron chi connectivity index (χ1n) is 4.31. The van der Waals surface area contributed by atoms with Crippen LogP contribution in [0.4, 0.5) is 5.82 Å². The van der Waals surface area contributed by atoms with Gasteiger partial charge in [0, 0.05) is 12.6 Å². The Bertz CT molecular complexity index is 299. The second kappa shape index (κ2) is 3.43. The highest BCUT2D eigenvalue weighted by Crippen LogP contribution is 2.09. The van der Waals surface area contributed by atoms with E-state index >= 15 is 0 Å². The van der Waals surface area contributed by atoms with E-state index in [1.165, 1.54) is 0 Å². The van der Waals surface area contributed by atoms with Gasteiger partial charge in [0.2, 0.25) is 5.91 Å². The minimum absolute atomic E-state index is 0.0439. The molecule has 1 aliphatic heterocycles. The van der Waals surface area contributed by atoms with Gasteiger partial charge >= 0.3 is 0 Å². The second-order valence-electron chi connectivity index (χ2n) is 3.02. The third-order valence-electron chi connectivity index (χ3n) is 1.98. The lowest BCUT2D eigenvalue weighted by Crippen LogP contribution is -2.32. The van der Waals surface area contributed by atoms with Crippen LogP contribution < -0.4 is 10.6 Å². The topological polar surface area (TPSA) is 54.0 Å². The van der Waals surface area contributed by atoms with Gasteiger partial charge in [-0.2, -0.15) is 0 Å². The summed E-state index contributed by atoms with van der Waals surface area (Å²) >= 11 is 0. The summed E-state index contributed by atoms with van der Waals surface area (Å²) in [6, 6.07) is 5.65. The molecule has 1 saturated heterocycles. The molecule has 1 aliphatic rings. The Hall–Kier alpha value is -1.58. The number of nitrogens with one attached hydrogen (secondary N) is 2. The number of anilines is 1. The predicted octanol–water partition coefficient (Wildman–Crippen LogP) is 0.730. The monoisotopic (exact) mass is 177 g/mol. The van der Waals surface area contributed by atoms with Crippen LogP contribution in [0.5, 0.6) is 0 Å². The van der Waals surface area contributed by atoms with E-state index in [-0.39, 0.29) is 12.1 Å². The molecule has 1 amide bonds.